The Hall–Kier alpha value is -8.06. The molecule has 77 heavy (non-hydrogen) atoms. The summed E-state index contributed by atoms with van der Waals surface area (Å²) in [6.07, 6.45) is 0.451. The van der Waals surface area contributed by atoms with Crippen molar-refractivity contribution in [3.8, 4) is 0 Å². The summed E-state index contributed by atoms with van der Waals surface area (Å²) >= 11 is 0. The summed E-state index contributed by atoms with van der Waals surface area (Å²) < 4.78 is 11.4. The van der Waals surface area contributed by atoms with Crippen molar-refractivity contribution in [1.82, 2.24) is 35.9 Å². The number of rotatable bonds is 25. The van der Waals surface area contributed by atoms with E-state index in [0.29, 0.717) is 57.3 Å². The van der Waals surface area contributed by atoms with Crippen molar-refractivity contribution in [3.63, 3.8) is 0 Å². The van der Waals surface area contributed by atoms with Crippen molar-refractivity contribution < 1.29 is 47.8 Å². The molecule has 4 aromatic carbocycles. The maximum Gasteiger partial charge on any atom is 0.417 e. The summed E-state index contributed by atoms with van der Waals surface area (Å²) in [6.45, 7) is 8.80. The molecule has 0 bridgehead atoms. The van der Waals surface area contributed by atoms with Crippen LogP contribution in [-0.2, 0) is 64.1 Å². The Balaban J connectivity index is 1.37. The lowest BCUT2D eigenvalue weighted by molar-refractivity contribution is -0.168. The number of fused-ring (bicyclic) bond motifs is 1. The molecule has 1 fully saturated rings. The van der Waals surface area contributed by atoms with E-state index in [-0.39, 0.29) is 64.1 Å². The second-order valence-corrected chi connectivity index (χ2v) is 20.7. The minimum absolute atomic E-state index is 0.00215. The van der Waals surface area contributed by atoms with E-state index in [1.807, 2.05) is 38.1 Å². The normalized spacial score (nSPS) is 15.0. The molecule has 1 saturated heterocycles. The number of alkyl carbamates (subject to hydrolysis) is 1. The van der Waals surface area contributed by atoms with Gasteiger partial charge in [-0.25, -0.2) is 24.5 Å². The van der Waals surface area contributed by atoms with Gasteiger partial charge in [0.05, 0.1) is 0 Å². The quantitative estimate of drug-likeness (QED) is 0.0370. The zero-order chi connectivity index (χ0) is 55.6. The topological polar surface area (TPSA) is 269 Å². The smallest absolute Gasteiger partial charge is 0.417 e. The molecule has 5 atom stereocenters. The van der Waals surface area contributed by atoms with Crippen LogP contribution in [-0.4, -0.2) is 116 Å². The van der Waals surface area contributed by atoms with E-state index in [9.17, 15) is 28.8 Å². The fraction of sp³-hybridized carbons (Fsp3) is 0.414. The Kier molecular flexibility index (Phi) is 20.9. The number of H-pyrrole nitrogens is 1. The number of para-hydroxylation sites is 1. The molecular formula is C58H73N9O10. The minimum atomic E-state index is -1.72. The number of amides is 8. The van der Waals surface area contributed by atoms with Gasteiger partial charge in [0.2, 0.25) is 23.6 Å². The molecule has 5 aromatic rings. The maximum absolute atomic E-state index is 15.4. The van der Waals surface area contributed by atoms with Crippen LogP contribution in [0.25, 0.3) is 10.9 Å². The van der Waals surface area contributed by atoms with Crippen LogP contribution in [0.4, 0.5) is 9.59 Å². The lowest BCUT2D eigenvalue weighted by Crippen LogP contribution is -2.62. The van der Waals surface area contributed by atoms with Gasteiger partial charge in [-0.05, 0) is 93.7 Å². The molecule has 1 unspecified atom stereocenters. The zero-order valence-electron chi connectivity index (χ0n) is 44.6. The number of hydrogen-bond donors (Lipinski definition) is 6. The van der Waals surface area contributed by atoms with Gasteiger partial charge in [0, 0.05) is 49.3 Å². The number of benzene rings is 4. The lowest BCUT2D eigenvalue weighted by atomic mass is 9.99. The van der Waals surface area contributed by atoms with Crippen molar-refractivity contribution in [2.45, 2.75) is 135 Å². The van der Waals surface area contributed by atoms with E-state index < -0.39 is 83.4 Å². The molecule has 1 aliphatic heterocycles. The molecule has 8 amide bonds. The van der Waals surface area contributed by atoms with Gasteiger partial charge in [0.15, 0.2) is 0 Å². The molecule has 6 rings (SSSR count). The molecule has 19 heteroatoms. The van der Waals surface area contributed by atoms with Crippen molar-refractivity contribution in [2.24, 2.45) is 17.4 Å². The van der Waals surface area contributed by atoms with Crippen LogP contribution in [0, 0.1) is 5.92 Å². The molecular weight excluding hydrogens is 983 g/mol. The molecule has 0 aliphatic carbocycles. The fourth-order valence-corrected chi connectivity index (χ4v) is 9.10. The van der Waals surface area contributed by atoms with Crippen molar-refractivity contribution in [1.29, 1.82) is 0 Å². The summed E-state index contributed by atoms with van der Waals surface area (Å²) in [4.78, 5) is 120. The Bertz CT molecular complexity index is 2800. The van der Waals surface area contributed by atoms with E-state index in [1.165, 1.54) is 5.01 Å². The highest BCUT2D eigenvalue weighted by molar-refractivity contribution is 6.03. The number of hydrogen-bond acceptors (Lipinski definition) is 11. The van der Waals surface area contributed by atoms with Crippen LogP contribution in [0.1, 0.15) is 95.4 Å². The number of ether oxygens (including phenoxy) is 2. The molecule has 0 radical (unpaired) electrons. The van der Waals surface area contributed by atoms with Crippen LogP contribution in [0.3, 0.4) is 0 Å². The number of primary amides is 1. The number of hydrazine groups is 1. The summed E-state index contributed by atoms with van der Waals surface area (Å²) in [7, 11) is 0. The molecule has 0 saturated carbocycles. The van der Waals surface area contributed by atoms with E-state index in [1.54, 1.807) is 118 Å². The SMILES string of the molecule is CC(C)CCC(=O)N(C(Cc1ccccc1)C(N)=O)N1CC[C@H](NC(=O)[C@@H](Cc2ccccc2)NC(=O)[C@@H](Cc2c[nH]c3ccccc23)N(C(=O)OCc2ccccc2)C(=O)[C@H](CCCCN)NC(=O)OC(C)(C)C)C1=O. The first kappa shape index (κ1) is 58.2. The summed E-state index contributed by atoms with van der Waals surface area (Å²) in [6, 6.07) is 26.7. The van der Waals surface area contributed by atoms with Gasteiger partial charge < -0.3 is 41.9 Å². The van der Waals surface area contributed by atoms with Crippen molar-refractivity contribution in [3.05, 3.63) is 144 Å². The number of carbonyl (C=O) groups is 8. The Morgan fingerprint density at radius 1 is 0.740 bits per heavy atom. The predicted molar refractivity (Wildman–Crippen MR) is 290 cm³/mol. The fourth-order valence-electron chi connectivity index (χ4n) is 9.10. The Morgan fingerprint density at radius 3 is 1.96 bits per heavy atom. The highest BCUT2D eigenvalue weighted by atomic mass is 16.6. The average molecular weight is 1060 g/mol. The van der Waals surface area contributed by atoms with Gasteiger partial charge in [-0.15, -0.1) is 0 Å². The van der Waals surface area contributed by atoms with Gasteiger partial charge in [0.1, 0.15) is 42.4 Å². The van der Waals surface area contributed by atoms with Crippen molar-refractivity contribution >= 4 is 58.5 Å². The number of nitrogens with one attached hydrogen (secondary N) is 4. The Labute approximate surface area is 449 Å². The molecule has 1 aliphatic rings. The van der Waals surface area contributed by atoms with Crippen LogP contribution in [0.15, 0.2) is 121 Å². The zero-order valence-corrected chi connectivity index (χ0v) is 44.6. The largest absolute Gasteiger partial charge is 0.444 e. The third-order valence-electron chi connectivity index (χ3n) is 13.0. The average Bonchev–Trinajstić information content (AvgIpc) is 3.98. The third-order valence-corrected chi connectivity index (χ3v) is 13.0. The molecule has 410 valence electrons. The van der Waals surface area contributed by atoms with Crippen LogP contribution in [0.2, 0.25) is 0 Å². The molecule has 2 heterocycles. The van der Waals surface area contributed by atoms with Gasteiger partial charge in [-0.3, -0.25) is 28.8 Å². The summed E-state index contributed by atoms with van der Waals surface area (Å²) in [5.41, 5.74) is 14.0. The number of imide groups is 1. The number of aromatic amines is 1. The number of nitrogens with zero attached hydrogens (tertiary/aromatic N) is 3. The van der Waals surface area contributed by atoms with E-state index in [4.69, 9.17) is 20.9 Å². The Morgan fingerprint density at radius 2 is 1.35 bits per heavy atom. The summed E-state index contributed by atoms with van der Waals surface area (Å²) in [5.74, 6) is -4.58. The summed E-state index contributed by atoms with van der Waals surface area (Å²) in [5, 5.41) is 11.3. The molecule has 8 N–H and O–H groups in total. The molecule has 0 spiro atoms. The third kappa shape index (κ3) is 16.7. The highest BCUT2D eigenvalue weighted by Gasteiger charge is 2.45. The number of unbranched alkanes of at least 4 members (excludes halogenated alkanes) is 1. The second kappa shape index (κ2) is 27.6. The van der Waals surface area contributed by atoms with Gasteiger partial charge in [-0.2, -0.15) is 0 Å². The monoisotopic (exact) mass is 1060 g/mol. The van der Waals surface area contributed by atoms with Gasteiger partial charge in [-0.1, -0.05) is 123 Å². The second-order valence-electron chi connectivity index (χ2n) is 20.7. The van der Waals surface area contributed by atoms with Crippen LogP contribution >= 0.6 is 0 Å². The van der Waals surface area contributed by atoms with Gasteiger partial charge in [0.25, 0.3) is 11.8 Å². The molecule has 19 nitrogen and oxygen atoms in total. The number of carbonyl (C=O) groups excluding carboxylic acids is 8. The van der Waals surface area contributed by atoms with E-state index in [2.05, 4.69) is 20.9 Å². The first-order chi connectivity index (χ1) is 36.8. The predicted octanol–water partition coefficient (Wildman–Crippen LogP) is 5.99. The van der Waals surface area contributed by atoms with Gasteiger partial charge >= 0.3 is 12.2 Å². The van der Waals surface area contributed by atoms with Crippen LogP contribution < -0.4 is 27.4 Å². The molecule has 1 aromatic heterocycles. The van der Waals surface area contributed by atoms with E-state index >= 15 is 9.59 Å². The first-order valence-electron chi connectivity index (χ1n) is 26.2. The standard InChI is InChI=1S/C58H73N9O10/c1-38(2)28-29-50(68)67(48(51(60)69)34-40-21-11-7-12-22-40)65-32-30-46(54(65)72)62-52(70)47(33-39-19-9-6-10-20-39)63-53(71)49(35-42-36-61-44-26-16-15-25-43(42)44)66(57(75)76-37-41-23-13-8-14-24-41)55(73)45(27-17-18-31-59)64-56(74)77-58(3,4)5/h6-16,19-26,36,38,45-49,61H,17-18,27-35,37,59H2,1-5H3,(H2,60,69)(H,62,70)(H,63,71)(H,64,74)/t45-,46-,47+,48?,49+/m0/s1. The van der Waals surface area contributed by atoms with Crippen molar-refractivity contribution in [2.75, 3.05) is 13.1 Å². The van der Waals surface area contributed by atoms with Crippen LogP contribution in [0.5, 0.6) is 0 Å². The first-order valence-corrected chi connectivity index (χ1v) is 26.2. The number of aromatic nitrogens is 1. The van der Waals surface area contributed by atoms with E-state index in [0.717, 1.165) is 5.01 Å². The maximum atomic E-state index is 15.4. The minimum Gasteiger partial charge on any atom is -0.444 e. The lowest BCUT2D eigenvalue weighted by Gasteiger charge is -2.37. The number of nitrogens with two attached hydrogens (primary N) is 2. The highest BCUT2D eigenvalue weighted by Crippen LogP contribution is 2.25.